The monoisotopic (exact) mass is 699 g/mol. The minimum absolute atomic E-state index is 1.12. The summed E-state index contributed by atoms with van der Waals surface area (Å²) in [6.45, 7) is 0. The molecule has 0 aliphatic rings. The van der Waals surface area contributed by atoms with E-state index in [4.69, 9.17) is 0 Å². The first kappa shape index (κ1) is 30.1. The van der Waals surface area contributed by atoms with E-state index in [1.807, 2.05) is 0 Å². The van der Waals surface area contributed by atoms with Crippen molar-refractivity contribution < 1.29 is 0 Å². The lowest BCUT2D eigenvalue weighted by Gasteiger charge is -2.26. The number of anilines is 3. The van der Waals surface area contributed by atoms with E-state index in [-0.39, 0.29) is 0 Å². The summed E-state index contributed by atoms with van der Waals surface area (Å²) in [4.78, 5) is 2.39. The molecular weight excluding hydrogens is 667 g/mol. The van der Waals surface area contributed by atoms with Gasteiger partial charge in [-0.2, -0.15) is 0 Å². The molecule has 3 heteroatoms. The van der Waals surface area contributed by atoms with Crippen molar-refractivity contribution in [2.75, 3.05) is 4.90 Å². The maximum atomic E-state index is 2.48. The van der Waals surface area contributed by atoms with Crippen LogP contribution in [-0.4, -0.2) is 8.97 Å². The van der Waals surface area contributed by atoms with Crippen LogP contribution in [0.4, 0.5) is 17.1 Å². The average Bonchev–Trinajstić information content (AvgIpc) is 3.77. The molecule has 0 radical (unpaired) electrons. The van der Waals surface area contributed by atoms with E-state index < -0.39 is 0 Å². The number of hydrogen-bond donors (Lipinski definition) is 0. The topological polar surface area (TPSA) is 12.6 Å². The number of rotatable bonds is 5. The van der Waals surface area contributed by atoms with Gasteiger partial charge in [0.15, 0.2) is 0 Å². The number of para-hydroxylation sites is 5. The number of nitrogens with zero attached hydrogens (tertiary/aromatic N) is 3. The number of aromatic nitrogens is 2. The van der Waals surface area contributed by atoms with Gasteiger partial charge in [0, 0.05) is 49.4 Å². The highest BCUT2D eigenvalue weighted by molar-refractivity contribution is 6.27. The second-order valence-corrected chi connectivity index (χ2v) is 14.5. The van der Waals surface area contributed by atoms with Crippen molar-refractivity contribution in [3.8, 4) is 16.8 Å². The van der Waals surface area contributed by atoms with Gasteiger partial charge < -0.3 is 13.9 Å². The molecule has 3 nitrogen and oxygen atoms in total. The van der Waals surface area contributed by atoms with Crippen molar-refractivity contribution in [1.29, 1.82) is 0 Å². The predicted octanol–water partition coefficient (Wildman–Crippen LogP) is 14.2. The Morgan fingerprint density at radius 2 is 0.964 bits per heavy atom. The van der Waals surface area contributed by atoms with E-state index in [2.05, 4.69) is 214 Å². The van der Waals surface area contributed by atoms with E-state index in [1.54, 1.807) is 0 Å². The highest BCUT2D eigenvalue weighted by Gasteiger charge is 2.22. The number of fused-ring (bicyclic) bond motifs is 8. The second kappa shape index (κ2) is 11.6. The molecule has 0 aliphatic heterocycles. The number of hydrogen-bond acceptors (Lipinski definition) is 1. The first-order valence-electron chi connectivity index (χ1n) is 18.9. The van der Waals surface area contributed by atoms with Gasteiger partial charge in [0.2, 0.25) is 0 Å². The molecule has 0 spiro atoms. The number of pyridine rings is 1. The van der Waals surface area contributed by atoms with Crippen LogP contribution in [0.15, 0.2) is 200 Å². The van der Waals surface area contributed by atoms with E-state index in [0.717, 1.165) is 22.7 Å². The van der Waals surface area contributed by atoms with Crippen molar-refractivity contribution in [3.05, 3.63) is 200 Å². The zero-order valence-electron chi connectivity index (χ0n) is 29.9. The van der Waals surface area contributed by atoms with Gasteiger partial charge >= 0.3 is 0 Å². The Hall–Kier alpha value is -7.36. The highest BCUT2D eigenvalue weighted by atomic mass is 15.1. The largest absolute Gasteiger partial charge is 0.310 e. The molecule has 0 saturated carbocycles. The molecule has 3 aromatic heterocycles. The molecule has 0 unspecified atom stereocenters. The molecule has 256 valence electrons. The molecule has 0 aliphatic carbocycles. The third-order valence-electron chi connectivity index (χ3n) is 11.6. The van der Waals surface area contributed by atoms with Gasteiger partial charge in [-0.1, -0.05) is 121 Å². The summed E-state index contributed by atoms with van der Waals surface area (Å²) in [5.41, 5.74) is 13.1. The quantitative estimate of drug-likeness (QED) is 0.129. The molecule has 12 rings (SSSR count). The molecule has 55 heavy (non-hydrogen) atoms. The Balaban J connectivity index is 1.15. The van der Waals surface area contributed by atoms with Gasteiger partial charge in [0.05, 0.1) is 33.3 Å². The van der Waals surface area contributed by atoms with Crippen LogP contribution in [0, 0.1) is 0 Å². The van der Waals surface area contributed by atoms with Gasteiger partial charge in [-0.25, -0.2) is 0 Å². The van der Waals surface area contributed by atoms with Crippen LogP contribution < -0.4 is 4.90 Å². The third kappa shape index (κ3) is 4.32. The molecule has 0 bridgehead atoms. The van der Waals surface area contributed by atoms with Crippen LogP contribution in [0.25, 0.3) is 87.5 Å². The van der Waals surface area contributed by atoms with E-state index in [0.29, 0.717) is 0 Å². The van der Waals surface area contributed by atoms with Gasteiger partial charge in [0.25, 0.3) is 0 Å². The van der Waals surface area contributed by atoms with Crippen LogP contribution in [0.1, 0.15) is 0 Å². The lowest BCUT2D eigenvalue weighted by molar-refractivity contribution is 1.18. The average molecular weight is 700 g/mol. The van der Waals surface area contributed by atoms with Crippen LogP contribution >= 0.6 is 0 Å². The molecule has 0 atom stereocenters. The van der Waals surface area contributed by atoms with E-state index >= 15 is 0 Å². The standard InChI is InChI=1S/C52H33N3/c1-4-16-37(17-5-1)53(38-18-6-2-7-19-38)47-27-14-28-48-51(47)43-30-29-34(33-49(43)54(48)39-20-8-3-9-21-39)36-31-35-15-12-26-46-50(35)44(32-36)42-24-13-23-41-40-22-10-11-25-45(40)55(46)52(41)42/h1-33H. The summed E-state index contributed by atoms with van der Waals surface area (Å²) in [6, 6.07) is 73.1. The van der Waals surface area contributed by atoms with Crippen molar-refractivity contribution in [3.63, 3.8) is 0 Å². The maximum absolute atomic E-state index is 2.48. The zero-order chi connectivity index (χ0) is 36.0. The van der Waals surface area contributed by atoms with Gasteiger partial charge in [-0.05, 0) is 101 Å². The van der Waals surface area contributed by atoms with E-state index in [9.17, 15) is 0 Å². The van der Waals surface area contributed by atoms with Crippen LogP contribution in [0.2, 0.25) is 0 Å². The Bertz CT molecular complexity index is 3370. The smallest absolute Gasteiger partial charge is 0.0619 e. The summed E-state index contributed by atoms with van der Waals surface area (Å²) >= 11 is 0. The second-order valence-electron chi connectivity index (χ2n) is 14.5. The van der Waals surface area contributed by atoms with Crippen molar-refractivity contribution in [2.24, 2.45) is 0 Å². The molecule has 0 fully saturated rings. The SMILES string of the molecule is c1ccc(N(c2ccccc2)c2cccc3c2c2ccc(-c4cc5cccc6c5c(c4)c4cccc5c7ccccc7n6c45)cc2n3-c2ccccc2)cc1. The predicted molar refractivity (Wildman–Crippen MR) is 233 cm³/mol. The zero-order valence-corrected chi connectivity index (χ0v) is 29.9. The molecule has 0 saturated heterocycles. The fourth-order valence-electron chi connectivity index (χ4n) is 9.31. The Kier molecular flexibility index (Phi) is 6.34. The van der Waals surface area contributed by atoms with E-state index in [1.165, 1.54) is 81.8 Å². The molecule has 3 heterocycles. The third-order valence-corrected chi connectivity index (χ3v) is 11.6. The molecule has 9 aromatic carbocycles. The van der Waals surface area contributed by atoms with Crippen molar-refractivity contribution in [1.82, 2.24) is 8.97 Å². The van der Waals surface area contributed by atoms with Gasteiger partial charge in [-0.3, -0.25) is 0 Å². The fraction of sp³-hybridized carbons (Fsp3) is 0. The maximum Gasteiger partial charge on any atom is 0.0619 e. The minimum atomic E-state index is 1.12. The molecular formula is C52H33N3. The minimum Gasteiger partial charge on any atom is -0.310 e. The number of benzene rings is 9. The summed E-state index contributed by atoms with van der Waals surface area (Å²) in [5.74, 6) is 0. The highest BCUT2D eigenvalue weighted by Crippen LogP contribution is 2.46. The summed E-state index contributed by atoms with van der Waals surface area (Å²) in [6.07, 6.45) is 0. The van der Waals surface area contributed by atoms with Crippen LogP contribution in [-0.2, 0) is 0 Å². The first-order chi connectivity index (χ1) is 27.3. The van der Waals surface area contributed by atoms with Crippen molar-refractivity contribution >= 4 is 87.7 Å². The Labute approximate surface area is 317 Å². The Morgan fingerprint density at radius 3 is 1.75 bits per heavy atom. The lowest BCUT2D eigenvalue weighted by Crippen LogP contribution is -2.10. The first-order valence-corrected chi connectivity index (χ1v) is 18.9. The molecule has 12 aromatic rings. The fourth-order valence-corrected chi connectivity index (χ4v) is 9.31. The van der Waals surface area contributed by atoms with Gasteiger partial charge in [0.1, 0.15) is 0 Å². The lowest BCUT2D eigenvalue weighted by atomic mass is 9.94. The van der Waals surface area contributed by atoms with Gasteiger partial charge in [-0.15, -0.1) is 0 Å². The summed E-state index contributed by atoms with van der Waals surface area (Å²) in [7, 11) is 0. The van der Waals surface area contributed by atoms with Crippen LogP contribution in [0.5, 0.6) is 0 Å². The van der Waals surface area contributed by atoms with Crippen molar-refractivity contribution in [2.45, 2.75) is 0 Å². The normalized spacial score (nSPS) is 12.0. The summed E-state index contributed by atoms with van der Waals surface area (Å²) in [5, 5.41) is 10.2. The molecule has 0 amide bonds. The Morgan fingerprint density at radius 1 is 0.345 bits per heavy atom. The molecule has 0 N–H and O–H groups in total. The van der Waals surface area contributed by atoms with Crippen LogP contribution in [0.3, 0.4) is 0 Å². The summed E-state index contributed by atoms with van der Waals surface area (Å²) < 4.78 is 4.92.